The first-order valence-electron chi connectivity index (χ1n) is 12.5. The minimum absolute atomic E-state index is 0. The SMILES string of the molecule is C.COC(=O)N[C@H]1CCCC[C@H]1Nc1nc(Nc2ccc(C(=O)N3CCN(C)CC3)cc2)ncc1C(F)(F)F. The Morgan fingerprint density at radius 2 is 1.67 bits per heavy atom. The summed E-state index contributed by atoms with van der Waals surface area (Å²) in [6.45, 7) is 2.93. The maximum atomic E-state index is 13.7. The second kappa shape index (κ2) is 13.0. The number of hydrogen-bond acceptors (Lipinski definition) is 8. The van der Waals surface area contributed by atoms with E-state index >= 15 is 0 Å². The minimum Gasteiger partial charge on any atom is -0.453 e. The standard InChI is InChI=1S/C25H32F3N7O3.CH4/c1-34-11-13-35(14-12-34)22(36)16-7-9-17(10-8-16)30-23-29-15-18(25(26,27)28)21(33-23)31-19-5-3-4-6-20(19)32-24(37)38-2;/h7-10,15,19-20H,3-6,11-14H2,1-2H3,(H,32,37)(H2,29,30,31,33);1H4/t19-,20+;/m1./s1. The average molecular weight is 552 g/mol. The van der Waals surface area contributed by atoms with Gasteiger partial charge in [0.25, 0.3) is 5.91 Å². The van der Waals surface area contributed by atoms with Gasteiger partial charge in [0.1, 0.15) is 11.4 Å². The van der Waals surface area contributed by atoms with Crippen LogP contribution in [0.5, 0.6) is 0 Å². The lowest BCUT2D eigenvalue weighted by molar-refractivity contribution is -0.137. The number of halogens is 3. The zero-order chi connectivity index (χ0) is 27.3. The zero-order valence-electron chi connectivity index (χ0n) is 21.3. The third-order valence-electron chi connectivity index (χ3n) is 6.85. The van der Waals surface area contributed by atoms with E-state index in [9.17, 15) is 22.8 Å². The summed E-state index contributed by atoms with van der Waals surface area (Å²) in [5, 5.41) is 8.50. The van der Waals surface area contributed by atoms with E-state index < -0.39 is 29.9 Å². The third kappa shape index (κ3) is 7.71. The fourth-order valence-corrected chi connectivity index (χ4v) is 4.64. The molecule has 214 valence electrons. The predicted octanol–water partition coefficient (Wildman–Crippen LogP) is 4.34. The lowest BCUT2D eigenvalue weighted by Gasteiger charge is -2.33. The van der Waals surface area contributed by atoms with Gasteiger partial charge in [0.15, 0.2) is 0 Å². The number of amides is 2. The van der Waals surface area contributed by atoms with Gasteiger partial charge in [-0.25, -0.2) is 9.78 Å². The van der Waals surface area contributed by atoms with Gasteiger partial charge < -0.3 is 30.5 Å². The number of benzene rings is 1. The molecular formula is C26H36F3N7O3. The average Bonchev–Trinajstić information content (AvgIpc) is 2.89. The number of anilines is 3. The van der Waals surface area contributed by atoms with E-state index in [1.165, 1.54) is 7.11 Å². The van der Waals surface area contributed by atoms with Crippen molar-refractivity contribution in [2.45, 2.75) is 51.4 Å². The van der Waals surface area contributed by atoms with Crippen LogP contribution < -0.4 is 16.0 Å². The van der Waals surface area contributed by atoms with Gasteiger partial charge in [0, 0.05) is 49.7 Å². The molecule has 4 rings (SSSR count). The number of aromatic nitrogens is 2. The monoisotopic (exact) mass is 551 g/mol. The summed E-state index contributed by atoms with van der Waals surface area (Å²) in [7, 11) is 3.25. The summed E-state index contributed by atoms with van der Waals surface area (Å²) >= 11 is 0. The van der Waals surface area contributed by atoms with Crippen LogP contribution >= 0.6 is 0 Å². The van der Waals surface area contributed by atoms with Crippen molar-refractivity contribution in [1.82, 2.24) is 25.1 Å². The van der Waals surface area contributed by atoms with Crippen LogP contribution in [0.25, 0.3) is 0 Å². The molecule has 2 atom stereocenters. The highest BCUT2D eigenvalue weighted by Gasteiger charge is 2.37. The van der Waals surface area contributed by atoms with Crippen molar-refractivity contribution >= 4 is 29.5 Å². The van der Waals surface area contributed by atoms with Crippen LogP contribution in [0, 0.1) is 0 Å². The molecule has 2 fully saturated rings. The normalized spacial score (nSPS) is 20.0. The van der Waals surface area contributed by atoms with Crippen molar-refractivity contribution in [2.75, 3.05) is 51.0 Å². The summed E-state index contributed by atoms with van der Waals surface area (Å²) in [5.74, 6) is -0.475. The Bertz CT molecular complexity index is 1120. The predicted molar refractivity (Wildman–Crippen MR) is 142 cm³/mol. The van der Waals surface area contributed by atoms with Gasteiger partial charge in [-0.15, -0.1) is 0 Å². The lowest BCUT2D eigenvalue weighted by atomic mass is 9.90. The highest BCUT2D eigenvalue weighted by molar-refractivity contribution is 5.94. The molecule has 0 unspecified atom stereocenters. The topological polar surface area (TPSA) is 112 Å². The van der Waals surface area contributed by atoms with Gasteiger partial charge in [-0.05, 0) is 44.2 Å². The van der Waals surface area contributed by atoms with Crippen LogP contribution in [0.3, 0.4) is 0 Å². The van der Waals surface area contributed by atoms with Crippen molar-refractivity contribution in [1.29, 1.82) is 0 Å². The van der Waals surface area contributed by atoms with E-state index in [1.807, 2.05) is 7.05 Å². The molecule has 10 nitrogen and oxygen atoms in total. The Labute approximate surface area is 226 Å². The fourth-order valence-electron chi connectivity index (χ4n) is 4.64. The lowest BCUT2D eigenvalue weighted by Crippen LogP contribution is -2.48. The molecule has 0 spiro atoms. The minimum atomic E-state index is -4.67. The van der Waals surface area contributed by atoms with E-state index in [2.05, 4.69) is 35.6 Å². The van der Waals surface area contributed by atoms with Crippen molar-refractivity contribution < 1.29 is 27.5 Å². The van der Waals surface area contributed by atoms with Crippen molar-refractivity contribution in [2.24, 2.45) is 0 Å². The van der Waals surface area contributed by atoms with E-state index in [4.69, 9.17) is 0 Å². The van der Waals surface area contributed by atoms with E-state index in [0.29, 0.717) is 37.2 Å². The number of piperazine rings is 1. The van der Waals surface area contributed by atoms with Crippen LogP contribution in [-0.2, 0) is 10.9 Å². The van der Waals surface area contributed by atoms with Crippen LogP contribution in [0.4, 0.5) is 35.4 Å². The Morgan fingerprint density at radius 3 is 2.28 bits per heavy atom. The number of alkyl carbamates (subject to hydrolysis) is 1. The van der Waals surface area contributed by atoms with Crippen molar-refractivity contribution in [3.8, 4) is 0 Å². The molecule has 39 heavy (non-hydrogen) atoms. The second-order valence-electron chi connectivity index (χ2n) is 9.53. The molecule has 2 amide bonds. The molecule has 1 aliphatic heterocycles. The molecule has 2 aliphatic rings. The summed E-state index contributed by atoms with van der Waals surface area (Å²) in [5.41, 5.74) is 0.0457. The molecule has 2 aromatic rings. The number of rotatable bonds is 6. The Kier molecular flexibility index (Phi) is 9.95. The quantitative estimate of drug-likeness (QED) is 0.486. The summed E-state index contributed by atoms with van der Waals surface area (Å²) in [6, 6.07) is 5.78. The number of ether oxygens (including phenoxy) is 1. The van der Waals surface area contributed by atoms with Gasteiger partial charge in [-0.2, -0.15) is 18.2 Å². The Morgan fingerprint density at radius 1 is 1.03 bits per heavy atom. The highest BCUT2D eigenvalue weighted by atomic mass is 19.4. The molecular weight excluding hydrogens is 515 g/mol. The van der Waals surface area contributed by atoms with E-state index in [0.717, 1.165) is 32.1 Å². The van der Waals surface area contributed by atoms with Gasteiger partial charge in [0.05, 0.1) is 13.2 Å². The third-order valence-corrected chi connectivity index (χ3v) is 6.85. The number of methoxy groups -OCH3 is 1. The highest BCUT2D eigenvalue weighted by Crippen LogP contribution is 2.35. The number of nitrogens with one attached hydrogen (secondary N) is 3. The Balaban J connectivity index is 0.00000420. The molecule has 13 heteroatoms. The van der Waals surface area contributed by atoms with Crippen molar-refractivity contribution in [3.63, 3.8) is 0 Å². The largest absolute Gasteiger partial charge is 0.453 e. The number of likely N-dealkylation sites (N-methyl/N-ethyl adjacent to an activating group) is 1. The number of nitrogens with zero attached hydrogens (tertiary/aromatic N) is 4. The van der Waals surface area contributed by atoms with Crippen LogP contribution in [0.1, 0.15) is 49.0 Å². The van der Waals surface area contributed by atoms with Crippen LogP contribution in [0.15, 0.2) is 30.5 Å². The summed E-state index contributed by atoms with van der Waals surface area (Å²) in [6.07, 6.45) is -1.79. The Hall–Kier alpha value is -3.61. The molecule has 1 aromatic heterocycles. The van der Waals surface area contributed by atoms with Crippen LogP contribution in [-0.4, -0.2) is 84.2 Å². The van der Waals surface area contributed by atoms with Crippen LogP contribution in [0.2, 0.25) is 0 Å². The fraction of sp³-hybridized carbons (Fsp3) is 0.538. The first-order valence-corrected chi connectivity index (χ1v) is 12.5. The number of carbonyl (C=O) groups excluding carboxylic acids is 2. The van der Waals surface area contributed by atoms with Gasteiger partial charge >= 0.3 is 12.3 Å². The summed E-state index contributed by atoms with van der Waals surface area (Å²) < 4.78 is 45.9. The number of alkyl halides is 3. The van der Waals surface area contributed by atoms with E-state index in [-0.39, 0.29) is 25.1 Å². The maximum absolute atomic E-state index is 13.7. The number of hydrogen-bond donors (Lipinski definition) is 3. The molecule has 1 aliphatic carbocycles. The molecule has 0 bridgehead atoms. The molecule has 1 saturated heterocycles. The van der Waals surface area contributed by atoms with Crippen molar-refractivity contribution in [3.05, 3.63) is 41.6 Å². The molecule has 1 saturated carbocycles. The van der Waals surface area contributed by atoms with Gasteiger partial charge in [0.2, 0.25) is 5.95 Å². The molecule has 2 heterocycles. The molecule has 3 N–H and O–H groups in total. The molecule has 1 aromatic carbocycles. The smallest absolute Gasteiger partial charge is 0.421 e. The zero-order valence-corrected chi connectivity index (χ0v) is 21.3. The maximum Gasteiger partial charge on any atom is 0.421 e. The summed E-state index contributed by atoms with van der Waals surface area (Å²) in [4.78, 5) is 36.4. The first-order chi connectivity index (χ1) is 18.1. The van der Waals surface area contributed by atoms with Gasteiger partial charge in [-0.3, -0.25) is 4.79 Å². The first kappa shape index (κ1) is 29.9. The van der Waals surface area contributed by atoms with Gasteiger partial charge in [-0.1, -0.05) is 20.3 Å². The number of carbonyl (C=O) groups is 2. The van der Waals surface area contributed by atoms with E-state index in [1.54, 1.807) is 29.2 Å². The second-order valence-corrected chi connectivity index (χ2v) is 9.53. The molecule has 0 radical (unpaired) electrons.